The molecular formula is C83H138O17P2. The van der Waals surface area contributed by atoms with Crippen LogP contribution in [-0.2, 0) is 65.4 Å². The molecule has 3 N–H and O–H groups in total. The van der Waals surface area contributed by atoms with Gasteiger partial charge in [-0.1, -0.05) is 289 Å². The third kappa shape index (κ3) is 73.3. The molecule has 0 aromatic rings. The molecule has 102 heavy (non-hydrogen) atoms. The van der Waals surface area contributed by atoms with Gasteiger partial charge in [0, 0.05) is 25.7 Å². The summed E-state index contributed by atoms with van der Waals surface area (Å²) < 4.78 is 68.4. The Bertz CT molecular complexity index is 2510. The summed E-state index contributed by atoms with van der Waals surface area (Å²) in [5.74, 6) is -2.32. The number of aliphatic hydroxyl groups excluding tert-OH is 1. The Hall–Kier alpha value is -5.06. The summed E-state index contributed by atoms with van der Waals surface area (Å²) in [5, 5.41) is 10.6. The number of aliphatic hydroxyl groups is 1. The van der Waals surface area contributed by atoms with E-state index in [1.165, 1.54) is 70.6 Å². The maximum atomic E-state index is 13.1. The Labute approximate surface area is 617 Å². The molecule has 0 aliphatic rings. The maximum absolute atomic E-state index is 13.1. The third-order valence-corrected chi connectivity index (χ3v) is 17.7. The highest BCUT2D eigenvalue weighted by Gasteiger charge is 2.30. The Morgan fingerprint density at radius 2 is 0.539 bits per heavy atom. The Morgan fingerprint density at radius 1 is 0.284 bits per heavy atom. The van der Waals surface area contributed by atoms with Crippen molar-refractivity contribution in [2.24, 2.45) is 0 Å². The number of unbranched alkanes of at least 4 members (excludes halogenated alkanes) is 22. The van der Waals surface area contributed by atoms with Gasteiger partial charge in [0.05, 0.1) is 26.4 Å². The van der Waals surface area contributed by atoms with Crippen LogP contribution in [0.4, 0.5) is 0 Å². The standard InChI is InChI=1S/C83H138O17P2/c1-5-9-13-17-21-25-29-32-34-36-38-40-42-45-49-52-56-60-64-68-81(86)94-74-79(100-83(88)70-66-62-58-54-50-46-43-41-39-37-35-33-30-26-22-18-14-10-6-2)76-98-102(91,92)96-72-77(84)71-95-101(89,90)97-75-78(99-82(87)69-65-61-57-53-47-28-24-20-16-12-8-4)73-93-80(85)67-63-59-55-51-48-44-31-27-23-19-15-11-7-3/h9-10,13-14,20-22,24-26,32-35,38-41,45-46,49-50,56,60,77-79,84H,5-8,11-12,15-19,23,27-31,36-37,42-44,47-48,51-55,57-59,61-76H2,1-4H3,(H,89,90)(H,91,92)/b13-9-,14-10-,24-20-,25-21-,26-22-,34-32-,35-33-,40-38-,41-39-,49-45-,50-46-,60-56-. The Balaban J connectivity index is 5.45. The Morgan fingerprint density at radius 3 is 0.892 bits per heavy atom. The van der Waals surface area contributed by atoms with E-state index in [2.05, 4.69) is 155 Å². The van der Waals surface area contributed by atoms with Crippen molar-refractivity contribution in [1.82, 2.24) is 0 Å². The minimum Gasteiger partial charge on any atom is -0.462 e. The molecule has 0 amide bonds. The highest BCUT2D eigenvalue weighted by Crippen LogP contribution is 2.45. The number of phosphoric ester groups is 2. The predicted octanol–water partition coefficient (Wildman–Crippen LogP) is 22.7. The number of carbonyl (C=O) groups is 4. The Kier molecular flexibility index (Phi) is 70.5. The fraction of sp³-hybridized carbons (Fsp3) is 0.663. The number of allylic oxidation sites excluding steroid dienone is 24. The molecule has 0 heterocycles. The normalized spacial score (nSPS) is 14.7. The van der Waals surface area contributed by atoms with Gasteiger partial charge in [0.1, 0.15) is 19.3 Å². The van der Waals surface area contributed by atoms with Crippen molar-refractivity contribution in [1.29, 1.82) is 0 Å². The van der Waals surface area contributed by atoms with Gasteiger partial charge < -0.3 is 33.8 Å². The third-order valence-electron chi connectivity index (χ3n) is 15.8. The number of ether oxygens (including phenoxy) is 4. The second-order valence-corrected chi connectivity index (χ2v) is 28.4. The quantitative estimate of drug-likeness (QED) is 0.0169. The van der Waals surface area contributed by atoms with Crippen LogP contribution >= 0.6 is 15.6 Å². The lowest BCUT2D eigenvalue weighted by Crippen LogP contribution is -2.30. The van der Waals surface area contributed by atoms with E-state index in [0.29, 0.717) is 32.1 Å². The van der Waals surface area contributed by atoms with Crippen LogP contribution in [0.2, 0.25) is 0 Å². The van der Waals surface area contributed by atoms with E-state index in [0.717, 1.165) is 141 Å². The van der Waals surface area contributed by atoms with E-state index < -0.39 is 97.5 Å². The first-order valence-electron chi connectivity index (χ1n) is 39.1. The van der Waals surface area contributed by atoms with Gasteiger partial charge >= 0.3 is 39.5 Å². The molecule has 19 heteroatoms. The molecule has 0 saturated carbocycles. The summed E-state index contributed by atoms with van der Waals surface area (Å²) in [6, 6.07) is 0. The first-order valence-corrected chi connectivity index (χ1v) is 42.1. The van der Waals surface area contributed by atoms with Crippen LogP contribution in [0.5, 0.6) is 0 Å². The van der Waals surface area contributed by atoms with E-state index in [4.69, 9.17) is 37.0 Å². The number of hydrogen-bond donors (Lipinski definition) is 3. The van der Waals surface area contributed by atoms with E-state index in [9.17, 15) is 43.2 Å². The second kappa shape index (κ2) is 74.2. The number of phosphoric acid groups is 2. The summed E-state index contributed by atoms with van der Waals surface area (Å²) in [6.07, 6.45) is 84.3. The minimum atomic E-state index is -5.01. The fourth-order valence-corrected chi connectivity index (χ4v) is 11.5. The van der Waals surface area contributed by atoms with Crippen molar-refractivity contribution >= 4 is 39.5 Å². The van der Waals surface area contributed by atoms with Gasteiger partial charge in [-0.15, -0.1) is 0 Å². The summed E-state index contributed by atoms with van der Waals surface area (Å²) in [7, 11) is -9.99. The van der Waals surface area contributed by atoms with Crippen LogP contribution in [0.1, 0.15) is 297 Å². The molecule has 582 valence electrons. The van der Waals surface area contributed by atoms with Gasteiger partial charge in [0.2, 0.25) is 0 Å². The monoisotopic (exact) mass is 1470 g/mol. The van der Waals surface area contributed by atoms with E-state index in [1.54, 1.807) is 0 Å². The zero-order valence-electron chi connectivity index (χ0n) is 63.5. The van der Waals surface area contributed by atoms with Crippen LogP contribution in [0.25, 0.3) is 0 Å². The average molecular weight is 1470 g/mol. The van der Waals surface area contributed by atoms with Gasteiger partial charge in [-0.25, -0.2) is 9.13 Å². The molecule has 0 aliphatic carbocycles. The van der Waals surface area contributed by atoms with Gasteiger partial charge in [0.25, 0.3) is 0 Å². The number of hydrogen-bond acceptors (Lipinski definition) is 15. The molecule has 5 atom stereocenters. The molecular weight excluding hydrogens is 1330 g/mol. The molecule has 0 aliphatic heterocycles. The van der Waals surface area contributed by atoms with Crippen molar-refractivity contribution in [2.45, 2.75) is 316 Å². The summed E-state index contributed by atoms with van der Waals surface area (Å²) in [6.45, 7) is 4.47. The molecule has 0 spiro atoms. The zero-order chi connectivity index (χ0) is 74.6. The number of rotatable bonds is 72. The first-order chi connectivity index (χ1) is 49.7. The lowest BCUT2D eigenvalue weighted by molar-refractivity contribution is -0.161. The van der Waals surface area contributed by atoms with Crippen LogP contribution in [0.3, 0.4) is 0 Å². The molecule has 17 nitrogen and oxygen atoms in total. The first kappa shape index (κ1) is 96.9. The van der Waals surface area contributed by atoms with Crippen molar-refractivity contribution in [3.63, 3.8) is 0 Å². The van der Waals surface area contributed by atoms with Gasteiger partial charge in [-0.3, -0.25) is 37.3 Å². The average Bonchev–Trinajstić information content (AvgIpc) is 0.940. The van der Waals surface area contributed by atoms with Gasteiger partial charge in [0.15, 0.2) is 12.2 Å². The molecule has 5 unspecified atom stereocenters. The van der Waals surface area contributed by atoms with Crippen LogP contribution < -0.4 is 0 Å². The van der Waals surface area contributed by atoms with Gasteiger partial charge in [-0.2, -0.15) is 0 Å². The molecule has 0 aromatic carbocycles. The predicted molar refractivity (Wildman–Crippen MR) is 417 cm³/mol. The minimum absolute atomic E-state index is 0.0240. The smallest absolute Gasteiger partial charge is 0.462 e. The van der Waals surface area contributed by atoms with E-state index in [-0.39, 0.29) is 25.7 Å². The van der Waals surface area contributed by atoms with Crippen molar-refractivity contribution in [2.75, 3.05) is 39.6 Å². The summed E-state index contributed by atoms with van der Waals surface area (Å²) >= 11 is 0. The molecule has 0 aromatic heterocycles. The van der Waals surface area contributed by atoms with Crippen LogP contribution in [0.15, 0.2) is 146 Å². The van der Waals surface area contributed by atoms with Crippen molar-refractivity contribution < 1.29 is 80.2 Å². The van der Waals surface area contributed by atoms with E-state index in [1.807, 2.05) is 18.2 Å². The highest BCUT2D eigenvalue weighted by molar-refractivity contribution is 7.47. The maximum Gasteiger partial charge on any atom is 0.472 e. The molecule has 0 fully saturated rings. The molecule has 0 bridgehead atoms. The highest BCUT2D eigenvalue weighted by atomic mass is 31.2. The second-order valence-electron chi connectivity index (χ2n) is 25.5. The largest absolute Gasteiger partial charge is 0.472 e. The van der Waals surface area contributed by atoms with Crippen LogP contribution in [-0.4, -0.2) is 96.7 Å². The summed E-state index contributed by atoms with van der Waals surface area (Å²) in [4.78, 5) is 72.8. The lowest BCUT2D eigenvalue weighted by Gasteiger charge is -2.21. The van der Waals surface area contributed by atoms with Crippen LogP contribution in [0, 0.1) is 0 Å². The molecule has 0 saturated heterocycles. The number of carbonyl (C=O) groups excluding carboxylic acids is 4. The van der Waals surface area contributed by atoms with Crippen molar-refractivity contribution in [3.8, 4) is 0 Å². The zero-order valence-corrected chi connectivity index (χ0v) is 65.3. The van der Waals surface area contributed by atoms with Crippen molar-refractivity contribution in [3.05, 3.63) is 146 Å². The SMILES string of the molecule is CC/C=C\C/C=C\C/C=C\C/C=C\C/C=C\C/C=C\CCC(=O)OCC(COP(=O)(O)OCC(O)COP(=O)(O)OCC(COC(=O)CCCCCCCCCCCCCCC)OC(=O)CCCCCCC/C=C\CCCC)OC(=O)CCCCC/C=C\C/C=C\C/C=C\C/C=C\C/C=C\CC. The lowest BCUT2D eigenvalue weighted by atomic mass is 10.0. The topological polar surface area (TPSA) is 237 Å². The summed E-state index contributed by atoms with van der Waals surface area (Å²) in [5.41, 5.74) is 0. The molecule has 0 rings (SSSR count). The fourth-order valence-electron chi connectivity index (χ4n) is 9.90. The van der Waals surface area contributed by atoms with Gasteiger partial charge in [-0.05, 0) is 128 Å². The molecule has 0 radical (unpaired) electrons. The number of esters is 4. The van der Waals surface area contributed by atoms with E-state index >= 15 is 0 Å².